The molecular formula is C42H72N4O2. The summed E-state index contributed by atoms with van der Waals surface area (Å²) in [5.41, 5.74) is 5.46. The van der Waals surface area contributed by atoms with Crippen molar-refractivity contribution in [2.75, 3.05) is 26.2 Å². The highest BCUT2D eigenvalue weighted by Gasteiger charge is 2.32. The van der Waals surface area contributed by atoms with Crippen LogP contribution in [0.15, 0.2) is 75.6 Å². The Kier molecular flexibility index (Phi) is 27.1. The van der Waals surface area contributed by atoms with Crippen molar-refractivity contribution < 1.29 is 9.90 Å². The van der Waals surface area contributed by atoms with Gasteiger partial charge in [0, 0.05) is 49.4 Å². The Balaban J connectivity index is 0. The van der Waals surface area contributed by atoms with E-state index in [1.807, 2.05) is 30.5 Å². The number of hydrogen-bond donors (Lipinski definition) is 1. The van der Waals surface area contributed by atoms with Crippen LogP contribution in [0.4, 0.5) is 0 Å². The van der Waals surface area contributed by atoms with E-state index in [9.17, 15) is 9.90 Å². The van der Waals surface area contributed by atoms with E-state index < -0.39 is 5.60 Å². The smallest absolute Gasteiger partial charge is 0.254 e. The van der Waals surface area contributed by atoms with Gasteiger partial charge in [0.15, 0.2) is 0 Å². The van der Waals surface area contributed by atoms with Crippen molar-refractivity contribution in [3.8, 4) is 6.07 Å². The average molecular weight is 665 g/mol. The summed E-state index contributed by atoms with van der Waals surface area (Å²) in [4.78, 5) is 21.2. The number of piperazine rings is 1. The van der Waals surface area contributed by atoms with Crippen LogP contribution in [0.25, 0.3) is 0 Å². The van der Waals surface area contributed by atoms with Gasteiger partial charge < -0.3 is 14.9 Å². The Morgan fingerprint density at radius 1 is 0.938 bits per heavy atom. The Morgan fingerprint density at radius 2 is 1.50 bits per heavy atom. The highest BCUT2D eigenvalue weighted by molar-refractivity contribution is 6.03. The Labute approximate surface area is 296 Å². The van der Waals surface area contributed by atoms with E-state index in [1.54, 1.807) is 18.7 Å². The van der Waals surface area contributed by atoms with E-state index in [-0.39, 0.29) is 5.91 Å². The second-order valence-electron chi connectivity index (χ2n) is 13.0. The van der Waals surface area contributed by atoms with Gasteiger partial charge in [0.2, 0.25) is 0 Å². The molecule has 0 spiro atoms. The molecule has 272 valence electrons. The molecule has 1 aliphatic rings. The van der Waals surface area contributed by atoms with Crippen LogP contribution in [-0.4, -0.2) is 58.3 Å². The molecule has 0 aromatic rings. The zero-order valence-corrected chi connectivity index (χ0v) is 33.2. The molecule has 1 heterocycles. The van der Waals surface area contributed by atoms with Crippen molar-refractivity contribution in [2.24, 2.45) is 10.9 Å². The van der Waals surface area contributed by atoms with Crippen molar-refractivity contribution in [3.63, 3.8) is 0 Å². The second kappa shape index (κ2) is 27.7. The number of nitrogens with zero attached hydrogens (tertiary/aromatic N) is 4. The molecule has 1 fully saturated rings. The molecule has 0 aliphatic carbocycles. The van der Waals surface area contributed by atoms with E-state index in [0.717, 1.165) is 56.5 Å². The molecule has 1 saturated heterocycles. The van der Waals surface area contributed by atoms with Gasteiger partial charge in [-0.1, -0.05) is 104 Å². The summed E-state index contributed by atoms with van der Waals surface area (Å²) in [5.74, 6) is 0.249. The largest absolute Gasteiger partial charge is 0.381 e. The minimum Gasteiger partial charge on any atom is -0.381 e. The highest BCUT2D eigenvalue weighted by atomic mass is 16.3. The molecule has 6 heteroatoms. The number of nitriles is 1. The molecule has 1 rings (SSSR count). The summed E-state index contributed by atoms with van der Waals surface area (Å²) < 4.78 is 0. The number of allylic oxidation sites excluding steroid dienone is 11. The Hall–Kier alpha value is -3.17. The van der Waals surface area contributed by atoms with Crippen LogP contribution in [-0.2, 0) is 4.79 Å². The molecule has 1 N–H and O–H groups in total. The number of unbranched alkanes of at least 4 members (excludes halogenated alkanes) is 2. The highest BCUT2D eigenvalue weighted by Crippen LogP contribution is 2.29. The molecule has 1 amide bonds. The minimum atomic E-state index is -1.32. The maximum Gasteiger partial charge on any atom is 0.254 e. The summed E-state index contributed by atoms with van der Waals surface area (Å²) in [6, 6.07) is 2.18. The first-order chi connectivity index (χ1) is 22.7. The summed E-state index contributed by atoms with van der Waals surface area (Å²) in [7, 11) is 0. The molecule has 0 radical (unpaired) electrons. The summed E-state index contributed by atoms with van der Waals surface area (Å²) in [6.45, 7) is 29.5. The molecule has 0 bridgehead atoms. The predicted octanol–water partition coefficient (Wildman–Crippen LogP) is 10.9. The van der Waals surface area contributed by atoms with Crippen molar-refractivity contribution >= 4 is 11.6 Å². The van der Waals surface area contributed by atoms with E-state index in [4.69, 9.17) is 10.3 Å². The number of amides is 1. The van der Waals surface area contributed by atoms with Gasteiger partial charge in [0.25, 0.3) is 5.91 Å². The van der Waals surface area contributed by atoms with Gasteiger partial charge in [-0.2, -0.15) is 5.26 Å². The van der Waals surface area contributed by atoms with Gasteiger partial charge >= 0.3 is 0 Å². The molecule has 0 saturated carbocycles. The van der Waals surface area contributed by atoms with Crippen LogP contribution in [0.5, 0.6) is 0 Å². The van der Waals surface area contributed by atoms with E-state index in [1.165, 1.54) is 41.7 Å². The van der Waals surface area contributed by atoms with Gasteiger partial charge in [-0.3, -0.25) is 9.79 Å². The number of aliphatic imine (C=N–C) groups is 1. The average Bonchev–Trinajstić information content (AvgIpc) is 3.06. The fraction of sp³-hybridized carbons (Fsp3) is 0.643. The van der Waals surface area contributed by atoms with Crippen LogP contribution >= 0.6 is 0 Å². The normalized spacial score (nSPS) is 16.2. The SMILES string of the molecule is CC/C=C/C=C(C#N)\C=C(/C)CCC.CCCCC.C\C=C(C(/C(C)=N/C=C/CC)=C(/C)N1CCN(C(=O)C(C)(C)O)CC1)\[C@H](C)CC. The second-order valence-corrected chi connectivity index (χ2v) is 13.0. The predicted molar refractivity (Wildman–Crippen MR) is 210 cm³/mol. The van der Waals surface area contributed by atoms with Crippen LogP contribution in [0.3, 0.4) is 0 Å². The first kappa shape index (κ1) is 46.9. The van der Waals surface area contributed by atoms with Crippen LogP contribution in [0, 0.1) is 17.2 Å². The quantitative estimate of drug-likeness (QED) is 0.107. The summed E-state index contributed by atoms with van der Waals surface area (Å²) in [6.07, 6.45) is 23.3. The topological polar surface area (TPSA) is 79.9 Å². The fourth-order valence-electron chi connectivity index (χ4n) is 5.21. The fourth-order valence-corrected chi connectivity index (χ4v) is 5.21. The lowest BCUT2D eigenvalue weighted by molar-refractivity contribution is -0.149. The van der Waals surface area contributed by atoms with Crippen molar-refractivity contribution in [1.82, 2.24) is 9.80 Å². The lowest BCUT2D eigenvalue weighted by Gasteiger charge is -2.39. The van der Waals surface area contributed by atoms with Gasteiger partial charge in [0.05, 0.1) is 11.6 Å². The number of hydrogen-bond acceptors (Lipinski definition) is 5. The van der Waals surface area contributed by atoms with Crippen molar-refractivity contribution in [1.29, 1.82) is 5.26 Å². The van der Waals surface area contributed by atoms with E-state index in [2.05, 4.69) is 99.3 Å². The lowest BCUT2D eigenvalue weighted by Crippen LogP contribution is -2.53. The number of rotatable bonds is 15. The van der Waals surface area contributed by atoms with Crippen molar-refractivity contribution in [3.05, 3.63) is 70.6 Å². The Morgan fingerprint density at radius 3 is 1.92 bits per heavy atom. The molecule has 0 unspecified atom stereocenters. The van der Waals surface area contributed by atoms with E-state index in [0.29, 0.717) is 19.0 Å². The van der Waals surface area contributed by atoms with Crippen LogP contribution < -0.4 is 0 Å². The summed E-state index contributed by atoms with van der Waals surface area (Å²) in [5, 5.41) is 18.9. The van der Waals surface area contributed by atoms with Crippen LogP contribution in [0.1, 0.15) is 141 Å². The van der Waals surface area contributed by atoms with Gasteiger partial charge in [0.1, 0.15) is 5.60 Å². The van der Waals surface area contributed by atoms with E-state index >= 15 is 0 Å². The third kappa shape index (κ3) is 19.6. The first-order valence-electron chi connectivity index (χ1n) is 18.5. The van der Waals surface area contributed by atoms with Gasteiger partial charge in [-0.05, 0) is 90.9 Å². The number of carbonyl (C=O) groups is 1. The molecule has 1 aliphatic heterocycles. The maximum atomic E-state index is 12.4. The third-order valence-corrected chi connectivity index (χ3v) is 8.17. The first-order valence-corrected chi connectivity index (χ1v) is 18.5. The number of carbonyl (C=O) groups excluding carboxylic acids is 1. The van der Waals surface area contributed by atoms with Crippen molar-refractivity contribution in [2.45, 2.75) is 147 Å². The molecule has 0 aromatic carbocycles. The molecular weight excluding hydrogens is 592 g/mol. The minimum absolute atomic E-state index is 0.199. The van der Waals surface area contributed by atoms with Crippen LogP contribution in [0.2, 0.25) is 0 Å². The zero-order chi connectivity index (χ0) is 37.1. The standard InChI is InChI=1S/C24H41N3O2.C13H19N.C5H12/c1-9-12-13-25-19(5)22(21(11-3)18(4)10-2)20(6)26-14-16-27(17-15-26)23(28)24(7,8)29;1-4-6-7-9-13(11-14)10-12(3)8-5-2;1-3-5-4-2/h11-13,18,29H,9-10,14-17H2,1-8H3;6-7,9-10H,4-5,8H2,1-3H3;3-5H2,1-2H3/b13-12+,21-11-,22-20-,25-19+;7-6+,12-10+,13-9+;/t18-;;/m1../s1. The molecule has 6 nitrogen and oxygen atoms in total. The molecule has 0 aromatic heterocycles. The Bertz CT molecular complexity index is 1160. The summed E-state index contributed by atoms with van der Waals surface area (Å²) >= 11 is 0. The molecule has 1 atom stereocenters. The zero-order valence-electron chi connectivity index (χ0n) is 33.2. The van der Waals surface area contributed by atoms with Gasteiger partial charge in [-0.15, -0.1) is 0 Å². The lowest BCUT2D eigenvalue weighted by atomic mass is 9.87. The number of aliphatic hydroxyl groups is 1. The monoisotopic (exact) mass is 665 g/mol. The molecule has 48 heavy (non-hydrogen) atoms. The maximum absolute atomic E-state index is 12.4. The van der Waals surface area contributed by atoms with Gasteiger partial charge in [-0.25, -0.2) is 0 Å². The third-order valence-electron chi connectivity index (χ3n) is 8.17.